The number of aromatic nitrogens is 4. The van der Waals surface area contributed by atoms with Crippen LogP contribution in [-0.2, 0) is 13.6 Å². The van der Waals surface area contributed by atoms with Crippen molar-refractivity contribution in [2.75, 3.05) is 31.1 Å². The maximum Gasteiger partial charge on any atom is 0.225 e. The summed E-state index contributed by atoms with van der Waals surface area (Å²) < 4.78 is 1.81. The summed E-state index contributed by atoms with van der Waals surface area (Å²) in [7, 11) is 1.92. The van der Waals surface area contributed by atoms with E-state index in [4.69, 9.17) is 5.73 Å². The van der Waals surface area contributed by atoms with Crippen LogP contribution in [0.4, 0.5) is 5.95 Å². The van der Waals surface area contributed by atoms with Crippen LogP contribution in [0.1, 0.15) is 5.56 Å². The van der Waals surface area contributed by atoms with Crippen LogP contribution in [0.3, 0.4) is 0 Å². The van der Waals surface area contributed by atoms with Crippen molar-refractivity contribution in [3.63, 3.8) is 0 Å². The van der Waals surface area contributed by atoms with Crippen LogP contribution in [0.5, 0.6) is 0 Å². The number of rotatable bonds is 4. The number of nitrogens with zero attached hydrogens (tertiary/aromatic N) is 7. The molecule has 4 rings (SSSR count). The van der Waals surface area contributed by atoms with Crippen LogP contribution in [0.2, 0.25) is 0 Å². The van der Waals surface area contributed by atoms with Gasteiger partial charge in [-0.1, -0.05) is 24.3 Å². The highest BCUT2D eigenvalue weighted by Crippen LogP contribution is 2.23. The molecule has 1 fully saturated rings. The molecule has 0 atom stereocenters. The maximum atomic E-state index is 6.28. The highest BCUT2D eigenvalue weighted by Gasteiger charge is 2.20. The number of benzene rings is 1. The van der Waals surface area contributed by atoms with Crippen LogP contribution in [0.15, 0.2) is 60.1 Å². The van der Waals surface area contributed by atoms with Gasteiger partial charge < -0.3 is 15.5 Å². The fraction of sp³-hybridized carbons (Fsp3) is 0.300. The summed E-state index contributed by atoms with van der Waals surface area (Å²) in [6.07, 6.45) is 7.42. The molecule has 0 unspecified atom stereocenters. The van der Waals surface area contributed by atoms with E-state index in [0.29, 0.717) is 12.5 Å². The Morgan fingerprint density at radius 3 is 2.48 bits per heavy atom. The van der Waals surface area contributed by atoms with E-state index in [1.165, 1.54) is 0 Å². The Balaban J connectivity index is 0.00000240. The highest BCUT2D eigenvalue weighted by molar-refractivity contribution is 14.0. The zero-order valence-electron chi connectivity index (χ0n) is 16.3. The quantitative estimate of drug-likeness (QED) is 0.333. The lowest BCUT2D eigenvalue weighted by atomic mass is 10.0. The van der Waals surface area contributed by atoms with Gasteiger partial charge in [-0.2, -0.15) is 5.10 Å². The average molecular weight is 504 g/mol. The molecule has 1 aromatic carbocycles. The summed E-state index contributed by atoms with van der Waals surface area (Å²) in [5.41, 5.74) is 9.64. The normalized spacial score (nSPS) is 14.6. The van der Waals surface area contributed by atoms with Crippen LogP contribution < -0.4 is 10.6 Å². The standard InChI is InChI=1S/C20H24N8.HI/c1-26-15-17(14-25-26)18-6-3-2-5-16(18)13-24-19(21)27-9-11-28(12-10-27)20-22-7-4-8-23-20;/h2-8,14-15H,9-13H2,1H3,(H2,21,24);1H. The summed E-state index contributed by atoms with van der Waals surface area (Å²) >= 11 is 0. The van der Waals surface area contributed by atoms with E-state index in [9.17, 15) is 0 Å². The Hall–Kier alpha value is -2.69. The molecular formula is C20H25IN8. The Bertz CT molecular complexity index is 948. The van der Waals surface area contributed by atoms with Gasteiger partial charge >= 0.3 is 0 Å². The number of halogens is 1. The lowest BCUT2D eigenvalue weighted by molar-refractivity contribution is 0.378. The first-order valence-electron chi connectivity index (χ1n) is 9.34. The summed E-state index contributed by atoms with van der Waals surface area (Å²) in [5.74, 6) is 1.35. The van der Waals surface area contributed by atoms with Crippen molar-refractivity contribution in [3.05, 3.63) is 60.7 Å². The second-order valence-electron chi connectivity index (χ2n) is 6.76. The average Bonchev–Trinajstić information content (AvgIpc) is 3.19. The minimum Gasteiger partial charge on any atom is -0.370 e. The molecule has 1 aliphatic rings. The minimum absolute atomic E-state index is 0. The first-order valence-corrected chi connectivity index (χ1v) is 9.34. The molecule has 0 radical (unpaired) electrons. The van der Waals surface area contributed by atoms with Gasteiger partial charge in [0, 0.05) is 57.4 Å². The molecule has 1 aliphatic heterocycles. The second kappa shape index (κ2) is 9.68. The van der Waals surface area contributed by atoms with Crippen LogP contribution in [-0.4, -0.2) is 56.8 Å². The smallest absolute Gasteiger partial charge is 0.225 e. The molecule has 0 amide bonds. The summed E-state index contributed by atoms with van der Waals surface area (Å²) in [4.78, 5) is 17.6. The van der Waals surface area contributed by atoms with Crippen molar-refractivity contribution in [3.8, 4) is 11.1 Å². The molecule has 3 heterocycles. The summed E-state index contributed by atoms with van der Waals surface area (Å²) in [6.45, 7) is 3.80. The molecule has 0 bridgehead atoms. The van der Waals surface area contributed by atoms with Gasteiger partial charge in [0.25, 0.3) is 0 Å². The van der Waals surface area contributed by atoms with E-state index in [1.54, 1.807) is 17.1 Å². The van der Waals surface area contributed by atoms with Crippen molar-refractivity contribution in [2.24, 2.45) is 17.8 Å². The first-order chi connectivity index (χ1) is 13.7. The number of anilines is 1. The van der Waals surface area contributed by atoms with Gasteiger partial charge in [0.1, 0.15) is 0 Å². The first kappa shape index (κ1) is 21.0. The number of guanidine groups is 1. The fourth-order valence-electron chi connectivity index (χ4n) is 3.36. The van der Waals surface area contributed by atoms with Crippen LogP contribution >= 0.6 is 24.0 Å². The largest absolute Gasteiger partial charge is 0.370 e. The van der Waals surface area contributed by atoms with Crippen LogP contribution in [0.25, 0.3) is 11.1 Å². The van der Waals surface area contributed by atoms with Crippen LogP contribution in [0, 0.1) is 0 Å². The molecule has 2 aromatic heterocycles. The van der Waals surface area contributed by atoms with E-state index < -0.39 is 0 Å². The van der Waals surface area contributed by atoms with Gasteiger partial charge in [0.05, 0.1) is 12.7 Å². The van der Waals surface area contributed by atoms with E-state index in [2.05, 4.69) is 42.0 Å². The van der Waals surface area contributed by atoms with Gasteiger partial charge in [-0.05, 0) is 17.2 Å². The van der Waals surface area contributed by atoms with Gasteiger partial charge in [-0.3, -0.25) is 4.68 Å². The molecule has 8 nitrogen and oxygen atoms in total. The Morgan fingerprint density at radius 1 is 1.07 bits per heavy atom. The summed E-state index contributed by atoms with van der Waals surface area (Å²) in [6, 6.07) is 10.1. The summed E-state index contributed by atoms with van der Waals surface area (Å²) in [5, 5.41) is 4.27. The topological polar surface area (TPSA) is 88.5 Å². The molecule has 2 N–H and O–H groups in total. The Labute approximate surface area is 187 Å². The number of hydrogen-bond donors (Lipinski definition) is 1. The zero-order valence-corrected chi connectivity index (χ0v) is 18.7. The van der Waals surface area contributed by atoms with Gasteiger partial charge in [-0.15, -0.1) is 24.0 Å². The molecule has 29 heavy (non-hydrogen) atoms. The molecule has 1 saturated heterocycles. The second-order valence-corrected chi connectivity index (χ2v) is 6.76. The fourth-order valence-corrected chi connectivity index (χ4v) is 3.36. The number of hydrogen-bond acceptors (Lipinski definition) is 5. The Kier molecular flexibility index (Phi) is 7.02. The number of aryl methyl sites for hydroxylation is 1. The van der Waals surface area contributed by atoms with Gasteiger partial charge in [-0.25, -0.2) is 15.0 Å². The van der Waals surface area contributed by atoms with Crippen molar-refractivity contribution in [1.29, 1.82) is 0 Å². The van der Waals surface area contributed by atoms with E-state index in [1.807, 2.05) is 37.6 Å². The van der Waals surface area contributed by atoms with Crippen molar-refractivity contribution < 1.29 is 0 Å². The van der Waals surface area contributed by atoms with E-state index in [-0.39, 0.29) is 24.0 Å². The third kappa shape index (κ3) is 5.03. The number of piperazine rings is 1. The molecule has 3 aromatic rings. The van der Waals surface area contributed by atoms with Gasteiger partial charge in [0.2, 0.25) is 5.95 Å². The zero-order chi connectivity index (χ0) is 19.3. The van der Waals surface area contributed by atoms with Gasteiger partial charge in [0.15, 0.2) is 5.96 Å². The predicted octanol–water partition coefficient (Wildman–Crippen LogP) is 2.13. The van der Waals surface area contributed by atoms with Crippen molar-refractivity contribution in [1.82, 2.24) is 24.6 Å². The maximum absolute atomic E-state index is 6.28. The molecule has 0 spiro atoms. The molecule has 9 heteroatoms. The number of nitrogens with two attached hydrogens (primary N) is 1. The third-order valence-electron chi connectivity index (χ3n) is 4.88. The lowest BCUT2D eigenvalue weighted by Gasteiger charge is -2.35. The molecule has 0 aliphatic carbocycles. The lowest BCUT2D eigenvalue weighted by Crippen LogP contribution is -2.51. The van der Waals surface area contributed by atoms with Crippen molar-refractivity contribution in [2.45, 2.75) is 6.54 Å². The third-order valence-corrected chi connectivity index (χ3v) is 4.88. The molecule has 0 saturated carbocycles. The predicted molar refractivity (Wildman–Crippen MR) is 125 cm³/mol. The number of aliphatic imine (C=N–C) groups is 1. The highest BCUT2D eigenvalue weighted by atomic mass is 127. The monoisotopic (exact) mass is 504 g/mol. The van der Waals surface area contributed by atoms with E-state index >= 15 is 0 Å². The molecule has 152 valence electrons. The van der Waals surface area contributed by atoms with Crippen molar-refractivity contribution >= 4 is 35.9 Å². The van der Waals surface area contributed by atoms with E-state index in [0.717, 1.165) is 48.8 Å². The minimum atomic E-state index is 0. The Morgan fingerprint density at radius 2 is 1.79 bits per heavy atom. The molecular weight excluding hydrogens is 479 g/mol. The SMILES string of the molecule is Cn1cc(-c2ccccc2CN=C(N)N2CCN(c3ncccn3)CC2)cn1.I.